The number of nitrogens with zero attached hydrogens (tertiary/aromatic N) is 2. The Morgan fingerprint density at radius 1 is 1.00 bits per heavy atom. The molecule has 1 aliphatic rings. The molecule has 5 nitrogen and oxygen atoms in total. The van der Waals surface area contributed by atoms with Crippen molar-refractivity contribution in [2.75, 3.05) is 18.4 Å². The van der Waals surface area contributed by atoms with E-state index >= 15 is 0 Å². The molecular formula is C18H19N3O2. The second-order valence-corrected chi connectivity index (χ2v) is 5.73. The molecule has 0 bridgehead atoms. The number of anilines is 1. The first-order valence-corrected chi connectivity index (χ1v) is 7.78. The Kier molecular flexibility index (Phi) is 4.37. The average Bonchev–Trinajstić information content (AvgIpc) is 3.11. The summed E-state index contributed by atoms with van der Waals surface area (Å²) in [6.45, 7) is 3.52. The Balaban J connectivity index is 1.74. The molecule has 0 spiro atoms. The maximum Gasteiger partial charge on any atom is 0.274 e. The van der Waals surface area contributed by atoms with Crippen molar-refractivity contribution in [3.05, 3.63) is 59.4 Å². The van der Waals surface area contributed by atoms with Crippen LogP contribution in [0.15, 0.2) is 42.5 Å². The highest BCUT2D eigenvalue weighted by molar-refractivity contribution is 6.03. The van der Waals surface area contributed by atoms with Crippen molar-refractivity contribution in [3.8, 4) is 0 Å². The quantitative estimate of drug-likeness (QED) is 0.948. The van der Waals surface area contributed by atoms with E-state index < -0.39 is 0 Å². The number of nitrogens with one attached hydrogen (secondary N) is 1. The van der Waals surface area contributed by atoms with Gasteiger partial charge in [0.2, 0.25) is 0 Å². The fourth-order valence-electron chi connectivity index (χ4n) is 2.59. The normalized spacial score (nSPS) is 13.9. The molecule has 118 valence electrons. The van der Waals surface area contributed by atoms with Crippen LogP contribution < -0.4 is 5.32 Å². The molecule has 2 amide bonds. The van der Waals surface area contributed by atoms with Crippen molar-refractivity contribution in [2.24, 2.45) is 0 Å². The van der Waals surface area contributed by atoms with E-state index in [-0.39, 0.29) is 17.5 Å². The molecule has 0 saturated carbocycles. The van der Waals surface area contributed by atoms with Gasteiger partial charge in [-0.05, 0) is 44.0 Å². The van der Waals surface area contributed by atoms with Crippen LogP contribution in [0.4, 0.5) is 5.69 Å². The summed E-state index contributed by atoms with van der Waals surface area (Å²) in [5.41, 5.74) is 2.40. The van der Waals surface area contributed by atoms with E-state index in [2.05, 4.69) is 10.3 Å². The summed E-state index contributed by atoms with van der Waals surface area (Å²) in [5.74, 6) is -0.419. The lowest BCUT2D eigenvalue weighted by Gasteiger charge is -2.14. The van der Waals surface area contributed by atoms with Crippen molar-refractivity contribution in [1.82, 2.24) is 9.88 Å². The predicted octanol–water partition coefficient (Wildman–Crippen LogP) is 2.88. The maximum atomic E-state index is 12.3. The molecule has 3 rings (SSSR count). The number of carbonyl (C=O) groups excluding carboxylic acids is 2. The maximum absolute atomic E-state index is 12.3. The van der Waals surface area contributed by atoms with Crippen LogP contribution in [0.3, 0.4) is 0 Å². The van der Waals surface area contributed by atoms with Gasteiger partial charge in [0.05, 0.1) is 0 Å². The minimum absolute atomic E-state index is 0.104. The van der Waals surface area contributed by atoms with Gasteiger partial charge in [0.15, 0.2) is 0 Å². The highest BCUT2D eigenvalue weighted by atomic mass is 16.2. The zero-order valence-electron chi connectivity index (χ0n) is 13.1. The molecule has 0 atom stereocenters. The number of benzene rings is 1. The minimum Gasteiger partial charge on any atom is -0.337 e. The molecule has 23 heavy (non-hydrogen) atoms. The standard InChI is InChI=1S/C18H19N3O2/c1-13-7-9-14(10-8-13)19-17(22)15-5-4-6-16(20-15)18(23)21-11-2-3-12-21/h4-10H,2-3,11-12H2,1H3,(H,19,22). The molecular weight excluding hydrogens is 290 g/mol. The van der Waals surface area contributed by atoms with E-state index in [1.807, 2.05) is 31.2 Å². The summed E-state index contributed by atoms with van der Waals surface area (Å²) in [6.07, 6.45) is 2.05. The van der Waals surface area contributed by atoms with Crippen molar-refractivity contribution < 1.29 is 9.59 Å². The largest absolute Gasteiger partial charge is 0.337 e. The van der Waals surface area contributed by atoms with E-state index in [0.29, 0.717) is 11.4 Å². The number of pyridine rings is 1. The minimum atomic E-state index is -0.315. The fraction of sp³-hybridized carbons (Fsp3) is 0.278. The summed E-state index contributed by atoms with van der Waals surface area (Å²) < 4.78 is 0. The van der Waals surface area contributed by atoms with Gasteiger partial charge in [-0.2, -0.15) is 0 Å². The van der Waals surface area contributed by atoms with E-state index in [9.17, 15) is 9.59 Å². The smallest absolute Gasteiger partial charge is 0.274 e. The molecule has 1 aromatic carbocycles. The monoisotopic (exact) mass is 309 g/mol. The molecule has 1 aliphatic heterocycles. The number of aromatic nitrogens is 1. The molecule has 1 N–H and O–H groups in total. The first-order valence-electron chi connectivity index (χ1n) is 7.78. The first-order chi connectivity index (χ1) is 11.1. The highest BCUT2D eigenvalue weighted by Gasteiger charge is 2.21. The van der Waals surface area contributed by atoms with Crippen LogP contribution in [0.25, 0.3) is 0 Å². The van der Waals surface area contributed by atoms with Crippen LogP contribution in [0.1, 0.15) is 39.4 Å². The van der Waals surface area contributed by atoms with Gasteiger partial charge in [0.25, 0.3) is 11.8 Å². The molecule has 2 aromatic rings. The lowest BCUT2D eigenvalue weighted by Crippen LogP contribution is -2.29. The Hall–Kier alpha value is -2.69. The van der Waals surface area contributed by atoms with Crippen LogP contribution in [0.5, 0.6) is 0 Å². The zero-order valence-corrected chi connectivity index (χ0v) is 13.1. The Morgan fingerprint density at radius 3 is 2.35 bits per heavy atom. The van der Waals surface area contributed by atoms with Crippen LogP contribution in [0.2, 0.25) is 0 Å². The molecule has 1 aromatic heterocycles. The third-order valence-electron chi connectivity index (χ3n) is 3.90. The number of aryl methyl sites for hydroxylation is 1. The average molecular weight is 309 g/mol. The van der Waals surface area contributed by atoms with E-state index in [1.165, 1.54) is 0 Å². The van der Waals surface area contributed by atoms with Crippen LogP contribution in [0, 0.1) is 6.92 Å². The van der Waals surface area contributed by atoms with Gasteiger partial charge in [0.1, 0.15) is 11.4 Å². The molecule has 5 heteroatoms. The topological polar surface area (TPSA) is 62.3 Å². The van der Waals surface area contributed by atoms with E-state index in [1.54, 1.807) is 23.1 Å². The number of carbonyl (C=O) groups is 2. The zero-order chi connectivity index (χ0) is 16.2. The summed E-state index contributed by atoms with van der Waals surface area (Å²) in [4.78, 5) is 30.7. The lowest BCUT2D eigenvalue weighted by atomic mass is 10.2. The number of likely N-dealkylation sites (tertiary alicyclic amines) is 1. The number of hydrogen-bond acceptors (Lipinski definition) is 3. The van der Waals surface area contributed by atoms with E-state index in [0.717, 1.165) is 31.5 Å². The van der Waals surface area contributed by atoms with E-state index in [4.69, 9.17) is 0 Å². The van der Waals surface area contributed by atoms with Crippen molar-refractivity contribution in [3.63, 3.8) is 0 Å². The highest BCUT2D eigenvalue weighted by Crippen LogP contribution is 2.13. The molecule has 1 saturated heterocycles. The molecule has 0 radical (unpaired) electrons. The Labute approximate surface area is 135 Å². The summed E-state index contributed by atoms with van der Waals surface area (Å²) in [6, 6.07) is 12.5. The third-order valence-corrected chi connectivity index (χ3v) is 3.90. The van der Waals surface area contributed by atoms with Gasteiger partial charge in [0, 0.05) is 18.8 Å². The van der Waals surface area contributed by atoms with Gasteiger partial charge in [-0.15, -0.1) is 0 Å². The van der Waals surface area contributed by atoms with Crippen LogP contribution in [-0.2, 0) is 0 Å². The van der Waals surface area contributed by atoms with Gasteiger partial charge < -0.3 is 10.2 Å². The number of rotatable bonds is 3. The summed E-state index contributed by atoms with van der Waals surface area (Å²) in [5, 5.41) is 2.79. The van der Waals surface area contributed by atoms with Crippen LogP contribution >= 0.6 is 0 Å². The van der Waals surface area contributed by atoms with Gasteiger partial charge in [-0.25, -0.2) is 4.98 Å². The van der Waals surface area contributed by atoms with Gasteiger partial charge in [-0.3, -0.25) is 9.59 Å². The molecule has 2 heterocycles. The Morgan fingerprint density at radius 2 is 1.65 bits per heavy atom. The van der Waals surface area contributed by atoms with Crippen molar-refractivity contribution in [2.45, 2.75) is 19.8 Å². The first kappa shape index (κ1) is 15.2. The Bertz CT molecular complexity index is 719. The summed E-state index contributed by atoms with van der Waals surface area (Å²) in [7, 11) is 0. The number of hydrogen-bond donors (Lipinski definition) is 1. The second-order valence-electron chi connectivity index (χ2n) is 5.73. The SMILES string of the molecule is Cc1ccc(NC(=O)c2cccc(C(=O)N3CCCC3)n2)cc1. The lowest BCUT2D eigenvalue weighted by molar-refractivity contribution is 0.0787. The second kappa shape index (κ2) is 6.60. The van der Waals surface area contributed by atoms with Gasteiger partial charge >= 0.3 is 0 Å². The summed E-state index contributed by atoms with van der Waals surface area (Å²) >= 11 is 0. The third kappa shape index (κ3) is 3.56. The van der Waals surface area contributed by atoms with Gasteiger partial charge in [-0.1, -0.05) is 23.8 Å². The molecule has 1 fully saturated rings. The number of amides is 2. The molecule has 0 unspecified atom stereocenters. The van der Waals surface area contributed by atoms with Crippen molar-refractivity contribution >= 4 is 17.5 Å². The van der Waals surface area contributed by atoms with Crippen molar-refractivity contribution in [1.29, 1.82) is 0 Å². The fourth-order valence-corrected chi connectivity index (χ4v) is 2.59. The predicted molar refractivity (Wildman–Crippen MR) is 88.5 cm³/mol. The molecule has 0 aliphatic carbocycles. The van der Waals surface area contributed by atoms with Crippen LogP contribution in [-0.4, -0.2) is 34.8 Å².